The fourth-order valence-corrected chi connectivity index (χ4v) is 0.971. The molecular formula is C12H17FO2. The molecule has 0 bridgehead atoms. The van der Waals surface area contributed by atoms with Crippen molar-refractivity contribution in [1.29, 1.82) is 0 Å². The summed E-state index contributed by atoms with van der Waals surface area (Å²) in [5.74, 6) is -0.471. The van der Waals surface area contributed by atoms with Crippen molar-refractivity contribution in [3.8, 4) is 0 Å². The Balaban J connectivity index is 0.000000583. The second-order valence-corrected chi connectivity index (χ2v) is 3.34. The first-order valence-corrected chi connectivity index (χ1v) is 4.68. The van der Waals surface area contributed by atoms with Crippen LogP contribution in [0.25, 0.3) is 0 Å². The van der Waals surface area contributed by atoms with Gasteiger partial charge in [0.05, 0.1) is 0 Å². The smallest absolute Gasteiger partial charge is 0.127 e. The minimum Gasteiger partial charge on any atom is -0.388 e. The van der Waals surface area contributed by atoms with Gasteiger partial charge in [0, 0.05) is 20.1 Å². The monoisotopic (exact) mass is 212 g/mol. The van der Waals surface area contributed by atoms with Crippen LogP contribution in [0, 0.1) is 12.7 Å². The van der Waals surface area contributed by atoms with Gasteiger partial charge in [-0.25, -0.2) is 4.39 Å². The Kier molecular flexibility index (Phi) is 6.54. The molecule has 2 nitrogen and oxygen atoms in total. The number of hydrogen-bond acceptors (Lipinski definition) is 2. The Labute approximate surface area is 90.1 Å². The summed E-state index contributed by atoms with van der Waals surface area (Å²) in [6.45, 7) is 3.45. The van der Waals surface area contributed by atoms with Crippen LogP contribution in [0.15, 0.2) is 18.2 Å². The summed E-state index contributed by atoms with van der Waals surface area (Å²) in [7, 11) is 3.25. The molecule has 0 saturated carbocycles. The molecule has 1 rings (SSSR count). The van der Waals surface area contributed by atoms with E-state index >= 15 is 0 Å². The van der Waals surface area contributed by atoms with Gasteiger partial charge in [0.15, 0.2) is 0 Å². The van der Waals surface area contributed by atoms with Crippen molar-refractivity contribution < 1.29 is 13.9 Å². The highest BCUT2D eigenvalue weighted by atomic mass is 19.1. The van der Waals surface area contributed by atoms with Crippen LogP contribution in [-0.2, 0) is 9.53 Å². The number of hydrogen-bond donors (Lipinski definition) is 0. The lowest BCUT2D eigenvalue weighted by molar-refractivity contribution is -0.108. The van der Waals surface area contributed by atoms with Gasteiger partial charge >= 0.3 is 0 Å². The van der Waals surface area contributed by atoms with Crippen molar-refractivity contribution in [1.82, 2.24) is 0 Å². The molecule has 0 aliphatic heterocycles. The highest BCUT2D eigenvalue weighted by molar-refractivity contribution is 5.61. The summed E-state index contributed by atoms with van der Waals surface area (Å²) in [4.78, 5) is 10.4. The van der Waals surface area contributed by atoms with Gasteiger partial charge in [-0.15, -0.1) is 0 Å². The van der Waals surface area contributed by atoms with Crippen molar-refractivity contribution in [2.75, 3.05) is 14.2 Å². The average Bonchev–Trinajstić information content (AvgIpc) is 2.22. The van der Waals surface area contributed by atoms with E-state index in [9.17, 15) is 9.18 Å². The maximum atomic E-state index is 13.0. The molecular weight excluding hydrogens is 195 g/mol. The van der Waals surface area contributed by atoms with Crippen LogP contribution in [-0.4, -0.2) is 20.5 Å². The molecule has 1 unspecified atom stereocenters. The number of benzene rings is 1. The van der Waals surface area contributed by atoms with E-state index in [1.54, 1.807) is 40.2 Å². The topological polar surface area (TPSA) is 26.3 Å². The first kappa shape index (κ1) is 13.8. The largest absolute Gasteiger partial charge is 0.388 e. The molecule has 84 valence electrons. The molecule has 0 heterocycles. The molecule has 3 heteroatoms. The maximum absolute atomic E-state index is 13.0. The predicted octanol–water partition coefficient (Wildman–Crippen LogP) is 2.70. The highest BCUT2D eigenvalue weighted by Crippen LogP contribution is 2.16. The van der Waals surface area contributed by atoms with Gasteiger partial charge in [0.1, 0.15) is 12.1 Å². The zero-order chi connectivity index (χ0) is 11.8. The number of rotatable bonds is 2. The predicted molar refractivity (Wildman–Crippen MR) is 58.5 cm³/mol. The van der Waals surface area contributed by atoms with Gasteiger partial charge < -0.3 is 9.53 Å². The van der Waals surface area contributed by atoms with Gasteiger partial charge in [-0.05, 0) is 24.1 Å². The van der Waals surface area contributed by atoms with E-state index in [4.69, 9.17) is 0 Å². The zero-order valence-corrected chi connectivity index (χ0v) is 9.58. The number of halogens is 1. The second kappa shape index (κ2) is 7.12. The summed E-state index contributed by atoms with van der Waals surface area (Å²) < 4.78 is 17.2. The van der Waals surface area contributed by atoms with E-state index < -0.39 is 0 Å². The first-order valence-electron chi connectivity index (χ1n) is 4.68. The van der Waals surface area contributed by atoms with Crippen LogP contribution < -0.4 is 0 Å². The molecule has 0 aliphatic rings. The van der Waals surface area contributed by atoms with Gasteiger partial charge in [-0.3, -0.25) is 0 Å². The molecule has 0 amide bonds. The molecule has 0 spiro atoms. The Bertz CT molecular complexity index is 310. The van der Waals surface area contributed by atoms with Crippen molar-refractivity contribution in [2.45, 2.75) is 19.8 Å². The van der Waals surface area contributed by atoms with Crippen molar-refractivity contribution in [3.63, 3.8) is 0 Å². The molecule has 1 aromatic carbocycles. The molecule has 0 N–H and O–H groups in total. The lowest BCUT2D eigenvalue weighted by Crippen LogP contribution is -1.95. The Hall–Kier alpha value is -1.22. The summed E-state index contributed by atoms with van der Waals surface area (Å²) in [6, 6.07) is 4.87. The lowest BCUT2D eigenvalue weighted by atomic mass is 10.0. The Morgan fingerprint density at radius 3 is 2.33 bits per heavy atom. The maximum Gasteiger partial charge on any atom is 0.127 e. The fourth-order valence-electron chi connectivity index (χ4n) is 0.971. The number of carbonyl (C=O) groups is 1. The minimum absolute atomic E-state index is 0.222. The third-order valence-corrected chi connectivity index (χ3v) is 1.93. The standard InChI is InChI=1S/C10H11FO.C2H6O/c1-7-3-4-9(5-10(7)11)8(2)6-12;1-3-2/h3-6,8H,1-2H3;1-2H3. The second-order valence-electron chi connectivity index (χ2n) is 3.34. The SMILES string of the molecule is COC.Cc1ccc(C(C)C=O)cc1F. The Morgan fingerprint density at radius 2 is 1.93 bits per heavy atom. The molecule has 0 fully saturated rings. The van der Waals surface area contributed by atoms with Gasteiger partial charge in [-0.1, -0.05) is 19.1 Å². The normalized spacial score (nSPS) is 11.3. The third-order valence-electron chi connectivity index (χ3n) is 1.93. The van der Waals surface area contributed by atoms with E-state index in [1.165, 1.54) is 6.07 Å². The van der Waals surface area contributed by atoms with Crippen LogP contribution >= 0.6 is 0 Å². The van der Waals surface area contributed by atoms with Gasteiger partial charge in [0.25, 0.3) is 0 Å². The van der Waals surface area contributed by atoms with Crippen LogP contribution in [0.1, 0.15) is 24.0 Å². The fraction of sp³-hybridized carbons (Fsp3) is 0.417. The van der Waals surface area contributed by atoms with E-state index in [1.807, 2.05) is 0 Å². The molecule has 0 saturated heterocycles. The van der Waals surface area contributed by atoms with E-state index in [2.05, 4.69) is 4.74 Å². The average molecular weight is 212 g/mol. The van der Waals surface area contributed by atoms with E-state index in [0.29, 0.717) is 5.56 Å². The number of aldehydes is 1. The van der Waals surface area contributed by atoms with Crippen LogP contribution in [0.3, 0.4) is 0 Å². The summed E-state index contributed by atoms with van der Waals surface area (Å²) in [5, 5.41) is 0. The third kappa shape index (κ3) is 4.70. The number of ether oxygens (including phenoxy) is 1. The molecule has 0 aliphatic carbocycles. The zero-order valence-electron chi connectivity index (χ0n) is 9.58. The van der Waals surface area contributed by atoms with Crippen molar-refractivity contribution in [2.24, 2.45) is 0 Å². The summed E-state index contributed by atoms with van der Waals surface area (Å²) in [5.41, 5.74) is 1.34. The number of carbonyl (C=O) groups excluding carboxylic acids is 1. The summed E-state index contributed by atoms with van der Waals surface area (Å²) >= 11 is 0. The molecule has 0 radical (unpaired) electrons. The quantitative estimate of drug-likeness (QED) is 0.704. The Morgan fingerprint density at radius 1 is 1.40 bits per heavy atom. The highest BCUT2D eigenvalue weighted by Gasteiger charge is 2.05. The van der Waals surface area contributed by atoms with Crippen LogP contribution in [0.2, 0.25) is 0 Å². The minimum atomic E-state index is -0.249. The summed E-state index contributed by atoms with van der Waals surface area (Å²) in [6.07, 6.45) is 0.810. The molecule has 15 heavy (non-hydrogen) atoms. The molecule has 1 aromatic rings. The molecule has 1 atom stereocenters. The van der Waals surface area contributed by atoms with E-state index in [-0.39, 0.29) is 11.7 Å². The first-order chi connectivity index (χ1) is 7.06. The lowest BCUT2D eigenvalue weighted by Gasteiger charge is -2.04. The van der Waals surface area contributed by atoms with Crippen LogP contribution in [0.5, 0.6) is 0 Å². The van der Waals surface area contributed by atoms with E-state index in [0.717, 1.165) is 11.8 Å². The van der Waals surface area contributed by atoms with Crippen molar-refractivity contribution in [3.05, 3.63) is 35.1 Å². The number of aryl methyl sites for hydroxylation is 1. The molecule has 0 aromatic heterocycles. The number of methoxy groups -OCH3 is 1. The van der Waals surface area contributed by atoms with Crippen LogP contribution in [0.4, 0.5) is 4.39 Å². The van der Waals surface area contributed by atoms with Gasteiger partial charge in [-0.2, -0.15) is 0 Å². The van der Waals surface area contributed by atoms with Gasteiger partial charge in [0.2, 0.25) is 0 Å². The van der Waals surface area contributed by atoms with Crippen molar-refractivity contribution >= 4 is 6.29 Å².